The van der Waals surface area contributed by atoms with Crippen LogP contribution in [0.3, 0.4) is 0 Å². The van der Waals surface area contributed by atoms with Gasteiger partial charge in [0.15, 0.2) is 0 Å². The molecule has 0 aliphatic carbocycles. The smallest absolute Gasteiger partial charge is 0.342 e. The number of carbonyl (C=O) groups excluding carboxylic acids is 1. The van der Waals surface area contributed by atoms with Gasteiger partial charge in [0, 0.05) is 5.56 Å². The summed E-state index contributed by atoms with van der Waals surface area (Å²) < 4.78 is 10.6. The molecule has 0 fully saturated rings. The minimum Gasteiger partial charge on any atom is -0.496 e. The topological polar surface area (TPSA) is 35.5 Å². The van der Waals surface area contributed by atoms with Crippen LogP contribution < -0.4 is 4.74 Å². The van der Waals surface area contributed by atoms with Gasteiger partial charge in [-0.3, -0.25) is 0 Å². The van der Waals surface area contributed by atoms with Crippen LogP contribution in [-0.2, 0) is 4.74 Å². The Hall–Kier alpha value is -1.51. The molecule has 1 aliphatic rings. The first-order valence-corrected chi connectivity index (χ1v) is 5.37. The molecule has 1 unspecified atom stereocenters. The Bertz CT molecular complexity index is 475. The van der Waals surface area contributed by atoms with E-state index < -0.39 is 0 Å². The van der Waals surface area contributed by atoms with Gasteiger partial charge in [-0.2, -0.15) is 0 Å². The van der Waals surface area contributed by atoms with E-state index in [-0.39, 0.29) is 12.1 Å². The molecule has 1 aromatic carbocycles. The Morgan fingerprint density at radius 2 is 1.75 bits per heavy atom. The number of hydrogen-bond donors (Lipinski definition) is 0. The molecule has 1 aromatic rings. The van der Waals surface area contributed by atoms with E-state index in [0.717, 1.165) is 16.7 Å². The Balaban J connectivity index is 2.85. The first-order valence-electron chi connectivity index (χ1n) is 5.37. The largest absolute Gasteiger partial charge is 0.496 e. The van der Waals surface area contributed by atoms with E-state index in [1.54, 1.807) is 7.11 Å². The third-order valence-electron chi connectivity index (χ3n) is 3.46. The standard InChI is InChI=1S/C13H16O3/c1-6-7(2)10-9(4)16-13(14)11(10)12(15-5)8(6)3/h9H,1-5H3. The Morgan fingerprint density at radius 3 is 2.31 bits per heavy atom. The van der Waals surface area contributed by atoms with Crippen molar-refractivity contribution in [2.45, 2.75) is 33.8 Å². The van der Waals surface area contributed by atoms with Crippen LogP contribution in [0.5, 0.6) is 5.75 Å². The number of benzene rings is 1. The number of methoxy groups -OCH3 is 1. The van der Waals surface area contributed by atoms with E-state index in [2.05, 4.69) is 0 Å². The lowest BCUT2D eigenvalue weighted by atomic mass is 9.91. The third kappa shape index (κ3) is 1.24. The minimum atomic E-state index is -0.273. The Kier molecular flexibility index (Phi) is 2.41. The molecule has 0 aromatic heterocycles. The first kappa shape index (κ1) is 11.0. The molecule has 16 heavy (non-hydrogen) atoms. The van der Waals surface area contributed by atoms with Crippen LogP contribution in [0.1, 0.15) is 45.6 Å². The lowest BCUT2D eigenvalue weighted by molar-refractivity contribution is 0.0419. The molecular formula is C13H16O3. The lowest BCUT2D eigenvalue weighted by Gasteiger charge is -2.15. The zero-order chi connectivity index (χ0) is 12.0. The number of carbonyl (C=O) groups is 1. The fraction of sp³-hybridized carbons (Fsp3) is 0.462. The second kappa shape index (κ2) is 3.51. The summed E-state index contributed by atoms with van der Waals surface area (Å²) in [5.41, 5.74) is 4.90. The number of esters is 1. The molecule has 1 aliphatic heterocycles. The van der Waals surface area contributed by atoms with E-state index >= 15 is 0 Å². The molecule has 3 heteroatoms. The van der Waals surface area contributed by atoms with Crippen LogP contribution in [0.15, 0.2) is 0 Å². The highest BCUT2D eigenvalue weighted by Gasteiger charge is 2.34. The summed E-state index contributed by atoms with van der Waals surface area (Å²) in [6.07, 6.45) is -0.171. The average Bonchev–Trinajstić information content (AvgIpc) is 2.52. The third-order valence-corrected chi connectivity index (χ3v) is 3.46. The van der Waals surface area contributed by atoms with Crippen LogP contribution in [0.2, 0.25) is 0 Å². The van der Waals surface area contributed by atoms with Crippen LogP contribution in [0.25, 0.3) is 0 Å². The van der Waals surface area contributed by atoms with Crippen molar-refractivity contribution in [2.24, 2.45) is 0 Å². The predicted octanol–water partition coefficient (Wildman–Crippen LogP) is 2.85. The molecule has 0 radical (unpaired) electrons. The summed E-state index contributed by atoms with van der Waals surface area (Å²) in [4.78, 5) is 11.8. The zero-order valence-electron chi connectivity index (χ0n) is 10.3. The number of ether oxygens (including phenoxy) is 2. The SMILES string of the molecule is COc1c(C)c(C)c(C)c2c1C(=O)OC2C. The Morgan fingerprint density at radius 1 is 1.12 bits per heavy atom. The van der Waals surface area contributed by atoms with Crippen LogP contribution in [-0.4, -0.2) is 13.1 Å². The summed E-state index contributed by atoms with van der Waals surface area (Å²) in [5.74, 6) is 0.387. The Labute approximate surface area is 95.4 Å². The highest BCUT2D eigenvalue weighted by atomic mass is 16.6. The average molecular weight is 220 g/mol. The van der Waals surface area contributed by atoms with Crippen molar-refractivity contribution in [2.75, 3.05) is 7.11 Å². The maximum absolute atomic E-state index is 11.8. The molecule has 0 amide bonds. The molecular weight excluding hydrogens is 204 g/mol. The maximum atomic E-state index is 11.8. The zero-order valence-corrected chi connectivity index (χ0v) is 10.3. The molecule has 0 saturated heterocycles. The van der Waals surface area contributed by atoms with E-state index in [1.807, 2.05) is 27.7 Å². The number of fused-ring (bicyclic) bond motifs is 1. The fourth-order valence-corrected chi connectivity index (χ4v) is 2.40. The van der Waals surface area contributed by atoms with Gasteiger partial charge in [-0.25, -0.2) is 4.79 Å². The van der Waals surface area contributed by atoms with Crippen molar-refractivity contribution in [3.8, 4) is 5.75 Å². The highest BCUT2D eigenvalue weighted by Crippen LogP contribution is 2.42. The summed E-state index contributed by atoms with van der Waals surface area (Å²) in [6.45, 7) is 7.94. The first-order chi connectivity index (χ1) is 7.49. The van der Waals surface area contributed by atoms with Crippen LogP contribution in [0.4, 0.5) is 0 Å². The van der Waals surface area contributed by atoms with Crippen LogP contribution in [0, 0.1) is 20.8 Å². The summed E-state index contributed by atoms with van der Waals surface area (Å²) in [7, 11) is 1.59. The summed E-state index contributed by atoms with van der Waals surface area (Å²) in [5, 5.41) is 0. The van der Waals surface area contributed by atoms with Crippen LogP contribution >= 0.6 is 0 Å². The second-order valence-electron chi connectivity index (χ2n) is 4.24. The molecule has 0 saturated carbocycles. The molecule has 3 nitrogen and oxygen atoms in total. The molecule has 2 rings (SSSR count). The predicted molar refractivity (Wildman–Crippen MR) is 61.0 cm³/mol. The van der Waals surface area contributed by atoms with Crippen molar-refractivity contribution < 1.29 is 14.3 Å². The number of rotatable bonds is 1. The van der Waals surface area contributed by atoms with Gasteiger partial charge in [0.2, 0.25) is 0 Å². The monoisotopic (exact) mass is 220 g/mol. The van der Waals surface area contributed by atoms with Crippen molar-refractivity contribution in [1.82, 2.24) is 0 Å². The molecule has 86 valence electrons. The van der Waals surface area contributed by atoms with Gasteiger partial charge in [-0.1, -0.05) is 0 Å². The van der Waals surface area contributed by atoms with Crippen molar-refractivity contribution >= 4 is 5.97 Å². The molecule has 0 spiro atoms. The van der Waals surface area contributed by atoms with E-state index in [4.69, 9.17) is 9.47 Å². The van der Waals surface area contributed by atoms with Gasteiger partial charge < -0.3 is 9.47 Å². The van der Waals surface area contributed by atoms with Crippen molar-refractivity contribution in [3.63, 3.8) is 0 Å². The summed E-state index contributed by atoms with van der Waals surface area (Å²) >= 11 is 0. The van der Waals surface area contributed by atoms with Gasteiger partial charge in [0.05, 0.1) is 7.11 Å². The van der Waals surface area contributed by atoms with E-state index in [1.165, 1.54) is 5.56 Å². The quantitative estimate of drug-likeness (QED) is 0.683. The van der Waals surface area contributed by atoms with Gasteiger partial charge in [0.25, 0.3) is 0 Å². The molecule has 1 heterocycles. The molecule has 0 bridgehead atoms. The normalized spacial score (nSPS) is 18.3. The van der Waals surface area contributed by atoms with E-state index in [0.29, 0.717) is 11.3 Å². The van der Waals surface area contributed by atoms with Gasteiger partial charge in [-0.05, 0) is 44.4 Å². The highest BCUT2D eigenvalue weighted by molar-refractivity contribution is 5.98. The van der Waals surface area contributed by atoms with Crippen molar-refractivity contribution in [1.29, 1.82) is 0 Å². The maximum Gasteiger partial charge on any atom is 0.342 e. The molecule has 1 atom stereocenters. The minimum absolute atomic E-state index is 0.171. The summed E-state index contributed by atoms with van der Waals surface area (Å²) in [6, 6.07) is 0. The van der Waals surface area contributed by atoms with Gasteiger partial charge in [0.1, 0.15) is 17.4 Å². The molecule has 0 N–H and O–H groups in total. The lowest BCUT2D eigenvalue weighted by Crippen LogP contribution is -2.04. The number of cyclic esters (lactones) is 1. The number of hydrogen-bond acceptors (Lipinski definition) is 3. The van der Waals surface area contributed by atoms with E-state index in [9.17, 15) is 4.79 Å². The second-order valence-corrected chi connectivity index (χ2v) is 4.24. The van der Waals surface area contributed by atoms with Gasteiger partial charge in [-0.15, -0.1) is 0 Å². The fourth-order valence-electron chi connectivity index (χ4n) is 2.40. The van der Waals surface area contributed by atoms with Gasteiger partial charge >= 0.3 is 5.97 Å². The van der Waals surface area contributed by atoms with Crippen molar-refractivity contribution in [3.05, 3.63) is 27.8 Å².